The predicted molar refractivity (Wildman–Crippen MR) is 65.9 cm³/mol. The molecular weight excluding hydrogens is 214 g/mol. The summed E-state index contributed by atoms with van der Waals surface area (Å²) in [6.07, 6.45) is 4.20. The van der Waals surface area contributed by atoms with Crippen LogP contribution in [-0.2, 0) is 7.05 Å². The average molecular weight is 229 g/mol. The number of carbonyl (C=O) groups is 1. The molecule has 0 N–H and O–H groups in total. The first-order valence-electron chi connectivity index (χ1n) is 5.97. The highest BCUT2D eigenvalue weighted by atomic mass is 16.2. The van der Waals surface area contributed by atoms with Crippen molar-refractivity contribution in [2.75, 3.05) is 13.1 Å². The van der Waals surface area contributed by atoms with Gasteiger partial charge in [-0.2, -0.15) is 5.10 Å². The van der Waals surface area contributed by atoms with Gasteiger partial charge in [0.05, 0.1) is 5.52 Å². The lowest BCUT2D eigenvalue weighted by Crippen LogP contribution is -2.27. The first-order valence-corrected chi connectivity index (χ1v) is 5.97. The summed E-state index contributed by atoms with van der Waals surface area (Å²) in [6, 6.07) is 5.74. The SMILES string of the molecule is Cn1cc2ccc(C(=O)N3CCCC3)cc2n1. The molecule has 4 nitrogen and oxygen atoms in total. The van der Waals surface area contributed by atoms with Crippen molar-refractivity contribution in [2.24, 2.45) is 7.05 Å². The second kappa shape index (κ2) is 3.87. The summed E-state index contributed by atoms with van der Waals surface area (Å²) in [7, 11) is 1.89. The lowest BCUT2D eigenvalue weighted by Gasteiger charge is -2.14. The Morgan fingerprint density at radius 2 is 2.06 bits per heavy atom. The number of likely N-dealkylation sites (tertiary alicyclic amines) is 1. The molecule has 0 atom stereocenters. The van der Waals surface area contributed by atoms with E-state index in [9.17, 15) is 4.79 Å². The van der Waals surface area contributed by atoms with Crippen molar-refractivity contribution in [3.8, 4) is 0 Å². The van der Waals surface area contributed by atoms with Crippen LogP contribution in [-0.4, -0.2) is 33.7 Å². The van der Waals surface area contributed by atoms with Gasteiger partial charge in [-0.25, -0.2) is 0 Å². The number of fused-ring (bicyclic) bond motifs is 1. The van der Waals surface area contributed by atoms with Gasteiger partial charge in [0.25, 0.3) is 5.91 Å². The van der Waals surface area contributed by atoms with Crippen LogP contribution in [0.2, 0.25) is 0 Å². The third kappa shape index (κ3) is 1.79. The second-order valence-corrected chi connectivity index (χ2v) is 4.58. The van der Waals surface area contributed by atoms with Gasteiger partial charge in [-0.15, -0.1) is 0 Å². The molecule has 17 heavy (non-hydrogen) atoms. The molecule has 3 rings (SSSR count). The summed E-state index contributed by atoms with van der Waals surface area (Å²) in [5.41, 5.74) is 1.63. The van der Waals surface area contributed by atoms with Crippen molar-refractivity contribution in [2.45, 2.75) is 12.8 Å². The van der Waals surface area contributed by atoms with Crippen LogP contribution in [0.4, 0.5) is 0 Å². The maximum absolute atomic E-state index is 12.2. The van der Waals surface area contributed by atoms with Crippen molar-refractivity contribution >= 4 is 16.8 Å². The molecule has 0 bridgehead atoms. The van der Waals surface area contributed by atoms with E-state index in [1.54, 1.807) is 4.68 Å². The van der Waals surface area contributed by atoms with Gasteiger partial charge in [-0.1, -0.05) is 6.07 Å². The van der Waals surface area contributed by atoms with Crippen LogP contribution in [0, 0.1) is 0 Å². The molecule has 0 unspecified atom stereocenters. The molecule has 2 heterocycles. The van der Waals surface area contributed by atoms with E-state index in [4.69, 9.17) is 0 Å². The van der Waals surface area contributed by atoms with Crippen molar-refractivity contribution in [3.05, 3.63) is 30.0 Å². The van der Waals surface area contributed by atoms with E-state index in [1.807, 2.05) is 36.3 Å². The van der Waals surface area contributed by atoms with Crippen LogP contribution in [0.3, 0.4) is 0 Å². The molecule has 4 heteroatoms. The van der Waals surface area contributed by atoms with Gasteiger partial charge in [0.1, 0.15) is 0 Å². The number of benzene rings is 1. The molecule has 1 aliphatic heterocycles. The van der Waals surface area contributed by atoms with Crippen molar-refractivity contribution in [1.29, 1.82) is 0 Å². The van der Waals surface area contributed by atoms with Crippen molar-refractivity contribution in [1.82, 2.24) is 14.7 Å². The Balaban J connectivity index is 1.96. The molecule has 1 fully saturated rings. The normalized spacial score (nSPS) is 15.7. The van der Waals surface area contributed by atoms with Crippen molar-refractivity contribution < 1.29 is 4.79 Å². The van der Waals surface area contributed by atoms with Gasteiger partial charge < -0.3 is 4.90 Å². The Morgan fingerprint density at radius 3 is 2.82 bits per heavy atom. The highest BCUT2D eigenvalue weighted by molar-refractivity contribution is 5.97. The van der Waals surface area contributed by atoms with Crippen LogP contribution < -0.4 is 0 Å². The average Bonchev–Trinajstić information content (AvgIpc) is 2.94. The monoisotopic (exact) mass is 229 g/mol. The van der Waals surface area contributed by atoms with E-state index in [0.717, 1.165) is 42.4 Å². The van der Waals surface area contributed by atoms with Crippen LogP contribution in [0.25, 0.3) is 10.9 Å². The molecule has 1 amide bonds. The lowest BCUT2D eigenvalue weighted by molar-refractivity contribution is 0.0793. The molecule has 1 saturated heterocycles. The zero-order valence-corrected chi connectivity index (χ0v) is 9.89. The number of aromatic nitrogens is 2. The topological polar surface area (TPSA) is 38.1 Å². The molecule has 0 radical (unpaired) electrons. The zero-order valence-electron chi connectivity index (χ0n) is 9.89. The van der Waals surface area contributed by atoms with Crippen LogP contribution >= 0.6 is 0 Å². The summed E-state index contributed by atoms with van der Waals surface area (Å²) < 4.78 is 1.77. The Morgan fingerprint density at radius 1 is 1.29 bits per heavy atom. The summed E-state index contributed by atoms with van der Waals surface area (Å²) in [4.78, 5) is 14.1. The van der Waals surface area contributed by atoms with E-state index in [2.05, 4.69) is 5.10 Å². The fourth-order valence-electron chi connectivity index (χ4n) is 2.38. The number of rotatable bonds is 1. The Hall–Kier alpha value is -1.84. The lowest BCUT2D eigenvalue weighted by atomic mass is 10.1. The maximum Gasteiger partial charge on any atom is 0.253 e. The highest BCUT2D eigenvalue weighted by Crippen LogP contribution is 2.17. The highest BCUT2D eigenvalue weighted by Gasteiger charge is 2.19. The first kappa shape index (κ1) is 10.3. The standard InChI is InChI=1S/C13H15N3O/c1-15-9-11-5-4-10(8-12(11)14-15)13(17)16-6-2-3-7-16/h4-5,8-9H,2-3,6-7H2,1H3. The van der Waals surface area contributed by atoms with Gasteiger partial charge in [0, 0.05) is 37.3 Å². The summed E-state index contributed by atoms with van der Waals surface area (Å²) >= 11 is 0. The Labute approximate surface area is 99.8 Å². The number of carbonyl (C=O) groups excluding carboxylic acids is 1. The molecule has 1 aromatic carbocycles. The van der Waals surface area contributed by atoms with Gasteiger partial charge in [-0.05, 0) is 25.0 Å². The van der Waals surface area contributed by atoms with Gasteiger partial charge >= 0.3 is 0 Å². The molecular formula is C13H15N3O. The van der Waals surface area contributed by atoms with E-state index >= 15 is 0 Å². The predicted octanol–water partition coefficient (Wildman–Crippen LogP) is 1.81. The minimum atomic E-state index is 0.134. The van der Waals surface area contributed by atoms with Crippen LogP contribution in [0.15, 0.2) is 24.4 Å². The van der Waals surface area contributed by atoms with Crippen molar-refractivity contribution in [3.63, 3.8) is 0 Å². The summed E-state index contributed by atoms with van der Waals surface area (Å²) in [6.45, 7) is 1.78. The summed E-state index contributed by atoms with van der Waals surface area (Å²) in [5, 5.41) is 5.40. The number of aryl methyl sites for hydroxylation is 1. The van der Waals surface area contributed by atoms with Gasteiger partial charge in [0.2, 0.25) is 0 Å². The Bertz CT molecular complexity index is 567. The van der Waals surface area contributed by atoms with Gasteiger partial charge in [-0.3, -0.25) is 9.48 Å². The number of nitrogens with zero attached hydrogens (tertiary/aromatic N) is 3. The number of hydrogen-bond donors (Lipinski definition) is 0. The zero-order chi connectivity index (χ0) is 11.8. The first-order chi connectivity index (χ1) is 8.24. The van der Waals surface area contributed by atoms with Crippen LogP contribution in [0.1, 0.15) is 23.2 Å². The largest absolute Gasteiger partial charge is 0.339 e. The van der Waals surface area contributed by atoms with E-state index in [-0.39, 0.29) is 5.91 Å². The molecule has 1 aliphatic rings. The molecule has 0 aliphatic carbocycles. The molecule has 88 valence electrons. The fraction of sp³-hybridized carbons (Fsp3) is 0.385. The van der Waals surface area contributed by atoms with E-state index in [1.165, 1.54) is 0 Å². The minimum Gasteiger partial charge on any atom is -0.339 e. The molecule has 1 aromatic heterocycles. The molecule has 0 spiro atoms. The number of amides is 1. The van der Waals surface area contributed by atoms with Gasteiger partial charge in [0.15, 0.2) is 0 Å². The minimum absolute atomic E-state index is 0.134. The fourth-order valence-corrected chi connectivity index (χ4v) is 2.38. The van der Waals surface area contributed by atoms with Crippen LogP contribution in [0.5, 0.6) is 0 Å². The van der Waals surface area contributed by atoms with E-state index in [0.29, 0.717) is 0 Å². The third-order valence-corrected chi connectivity index (χ3v) is 3.26. The van der Waals surface area contributed by atoms with E-state index < -0.39 is 0 Å². The quantitative estimate of drug-likeness (QED) is 0.748. The summed E-state index contributed by atoms with van der Waals surface area (Å²) in [5.74, 6) is 0.134. The molecule has 2 aromatic rings. The third-order valence-electron chi connectivity index (χ3n) is 3.26. The molecule has 0 saturated carbocycles. The maximum atomic E-state index is 12.2. The number of hydrogen-bond acceptors (Lipinski definition) is 2. The Kier molecular flexibility index (Phi) is 2.35. The second-order valence-electron chi connectivity index (χ2n) is 4.58. The smallest absolute Gasteiger partial charge is 0.253 e.